The molecule has 0 bridgehead atoms. The van der Waals surface area contributed by atoms with E-state index in [0.717, 1.165) is 25.5 Å². The highest BCUT2D eigenvalue weighted by Gasteiger charge is 2.74. The van der Waals surface area contributed by atoms with Gasteiger partial charge in [-0.3, -0.25) is 0 Å². The number of fused-ring (bicyclic) bond motifs is 5. The van der Waals surface area contributed by atoms with Crippen LogP contribution in [0.4, 0.5) is 0 Å². The molecule has 23 heavy (non-hydrogen) atoms. The minimum atomic E-state index is -0.512. The third-order valence-electron chi connectivity index (χ3n) is 8.74. The van der Waals surface area contributed by atoms with Crippen molar-refractivity contribution in [2.75, 3.05) is 0 Å². The normalized spacial score (nSPS) is 60.8. The van der Waals surface area contributed by atoms with Crippen molar-refractivity contribution < 1.29 is 15.0 Å². The molecule has 0 aromatic heterocycles. The van der Waals surface area contributed by atoms with Gasteiger partial charge in [0.25, 0.3) is 0 Å². The van der Waals surface area contributed by atoms with E-state index in [0.29, 0.717) is 36.0 Å². The molecule has 0 aliphatic heterocycles. The van der Waals surface area contributed by atoms with Crippen molar-refractivity contribution in [2.24, 2.45) is 45.8 Å². The molecule has 4 rings (SSSR count). The Morgan fingerprint density at radius 3 is 2.30 bits per heavy atom. The van der Waals surface area contributed by atoms with E-state index in [-0.39, 0.29) is 16.9 Å². The largest absolute Gasteiger partial charge is 0.393 e. The fourth-order valence-electron chi connectivity index (χ4n) is 7.34. The Balaban J connectivity index is 1.79. The fraction of sp³-hybridized carbons (Fsp3) is 0.950. The second-order valence-electron chi connectivity index (χ2n) is 10.1. The molecule has 4 saturated carbocycles. The number of hydrogen-bond acceptors (Lipinski definition) is 3. The molecule has 0 aromatic carbocycles. The van der Waals surface area contributed by atoms with Crippen LogP contribution in [-0.4, -0.2) is 28.7 Å². The van der Waals surface area contributed by atoms with Crippen molar-refractivity contribution >= 4 is 6.29 Å². The van der Waals surface area contributed by atoms with Crippen LogP contribution < -0.4 is 0 Å². The molecule has 2 N–H and O–H groups in total. The third-order valence-corrected chi connectivity index (χ3v) is 8.74. The highest BCUT2D eigenvalue weighted by Crippen LogP contribution is 2.75. The summed E-state index contributed by atoms with van der Waals surface area (Å²) in [5.41, 5.74) is -0.482. The van der Waals surface area contributed by atoms with Crippen molar-refractivity contribution in [3.63, 3.8) is 0 Å². The zero-order valence-electron chi connectivity index (χ0n) is 15.0. The summed E-state index contributed by atoms with van der Waals surface area (Å²) < 4.78 is 0. The number of rotatable bonds is 2. The van der Waals surface area contributed by atoms with E-state index in [2.05, 4.69) is 27.7 Å². The predicted octanol–water partition coefficient (Wildman–Crippen LogP) is 3.03. The van der Waals surface area contributed by atoms with Crippen LogP contribution in [0.5, 0.6) is 0 Å². The standard InChI is InChI=1S/C20H32O3/c1-11(2)12-5-6-19(4)14(22)8-18(3)9-15(23)20(10-21)7-13(20)17(18)16(12)19/h10-17,22-23H,5-9H2,1-4H3/t12-,13-,14-,15+,16+,17+,18-,19+,20+/m0/s1. The van der Waals surface area contributed by atoms with Gasteiger partial charge in [0.1, 0.15) is 6.29 Å². The molecular weight excluding hydrogens is 288 g/mol. The quantitative estimate of drug-likeness (QED) is 0.769. The predicted molar refractivity (Wildman–Crippen MR) is 88.6 cm³/mol. The lowest BCUT2D eigenvalue weighted by Gasteiger charge is -2.59. The molecule has 3 nitrogen and oxygen atoms in total. The fourth-order valence-corrected chi connectivity index (χ4v) is 7.34. The molecular formula is C20H32O3. The molecule has 0 saturated heterocycles. The van der Waals surface area contributed by atoms with E-state index in [9.17, 15) is 15.0 Å². The van der Waals surface area contributed by atoms with Crippen LogP contribution >= 0.6 is 0 Å². The van der Waals surface area contributed by atoms with Gasteiger partial charge in [0.15, 0.2) is 0 Å². The summed E-state index contributed by atoms with van der Waals surface area (Å²) in [6, 6.07) is 0. The minimum Gasteiger partial charge on any atom is -0.393 e. The molecule has 0 aromatic rings. The Labute approximate surface area is 139 Å². The third kappa shape index (κ3) is 1.81. The number of aldehydes is 1. The minimum absolute atomic E-state index is 0.00137. The smallest absolute Gasteiger partial charge is 0.129 e. The van der Waals surface area contributed by atoms with Gasteiger partial charge >= 0.3 is 0 Å². The van der Waals surface area contributed by atoms with Crippen molar-refractivity contribution in [2.45, 2.75) is 72.0 Å². The summed E-state index contributed by atoms with van der Waals surface area (Å²) in [5, 5.41) is 21.6. The number of hydrogen-bond donors (Lipinski definition) is 2. The Hall–Kier alpha value is -0.410. The Bertz CT molecular complexity index is 531. The first-order valence-corrected chi connectivity index (χ1v) is 9.52. The molecule has 130 valence electrons. The first kappa shape index (κ1) is 16.1. The number of aliphatic hydroxyl groups is 2. The first-order chi connectivity index (χ1) is 10.7. The molecule has 4 aliphatic rings. The van der Waals surface area contributed by atoms with Gasteiger partial charge in [0, 0.05) is 0 Å². The molecule has 0 heterocycles. The SMILES string of the molecule is CC(C)[C@@H]1CC[C@@]2(C)[C@H]1[C@H]1[C@@H]3C[C@]3(C=O)[C@H](O)C[C@]1(C)C[C@@H]2O. The van der Waals surface area contributed by atoms with Gasteiger partial charge in [-0.25, -0.2) is 0 Å². The van der Waals surface area contributed by atoms with Crippen LogP contribution in [0.3, 0.4) is 0 Å². The molecule has 0 spiro atoms. The Kier molecular flexibility index (Phi) is 3.22. The van der Waals surface area contributed by atoms with Crippen molar-refractivity contribution in [1.82, 2.24) is 0 Å². The summed E-state index contributed by atoms with van der Waals surface area (Å²) in [6.45, 7) is 9.19. The summed E-state index contributed by atoms with van der Waals surface area (Å²) in [5.74, 6) is 2.58. The first-order valence-electron chi connectivity index (χ1n) is 9.52. The zero-order valence-corrected chi connectivity index (χ0v) is 15.0. The van der Waals surface area contributed by atoms with Gasteiger partial charge in [-0.1, -0.05) is 27.7 Å². The van der Waals surface area contributed by atoms with E-state index in [1.54, 1.807) is 0 Å². The van der Waals surface area contributed by atoms with Gasteiger partial charge < -0.3 is 15.0 Å². The lowest BCUT2D eigenvalue weighted by molar-refractivity contribution is -0.172. The van der Waals surface area contributed by atoms with Gasteiger partial charge in [0.2, 0.25) is 0 Å². The van der Waals surface area contributed by atoms with Gasteiger partial charge in [-0.05, 0) is 72.5 Å². The van der Waals surface area contributed by atoms with Gasteiger partial charge in [0.05, 0.1) is 17.6 Å². The highest BCUT2D eigenvalue weighted by atomic mass is 16.3. The lowest BCUT2D eigenvalue weighted by Crippen LogP contribution is -2.58. The van der Waals surface area contributed by atoms with E-state index >= 15 is 0 Å². The highest BCUT2D eigenvalue weighted by molar-refractivity contribution is 5.67. The Morgan fingerprint density at radius 1 is 1.04 bits per heavy atom. The van der Waals surface area contributed by atoms with Crippen LogP contribution in [0.2, 0.25) is 0 Å². The molecule has 4 aliphatic carbocycles. The summed E-state index contributed by atoms with van der Waals surface area (Å²) in [7, 11) is 0. The second kappa shape index (κ2) is 4.60. The Morgan fingerprint density at radius 2 is 1.70 bits per heavy atom. The van der Waals surface area contributed by atoms with Crippen molar-refractivity contribution in [3.8, 4) is 0 Å². The van der Waals surface area contributed by atoms with E-state index in [1.807, 2.05) is 0 Å². The van der Waals surface area contributed by atoms with Crippen LogP contribution in [0.15, 0.2) is 0 Å². The molecule has 3 heteroatoms. The van der Waals surface area contributed by atoms with Crippen LogP contribution in [0.25, 0.3) is 0 Å². The number of carbonyl (C=O) groups is 1. The number of carbonyl (C=O) groups excluding carboxylic acids is 1. The average Bonchev–Trinajstić information content (AvgIpc) is 3.09. The van der Waals surface area contributed by atoms with Crippen molar-refractivity contribution in [1.29, 1.82) is 0 Å². The van der Waals surface area contributed by atoms with E-state index in [1.165, 1.54) is 6.42 Å². The maximum absolute atomic E-state index is 11.8. The van der Waals surface area contributed by atoms with Gasteiger partial charge in [-0.2, -0.15) is 0 Å². The zero-order chi connectivity index (χ0) is 16.8. The number of aliphatic hydroxyl groups excluding tert-OH is 2. The molecule has 9 atom stereocenters. The van der Waals surface area contributed by atoms with E-state index < -0.39 is 11.5 Å². The summed E-state index contributed by atoms with van der Waals surface area (Å²) >= 11 is 0. The van der Waals surface area contributed by atoms with Crippen LogP contribution in [-0.2, 0) is 4.79 Å². The summed E-state index contributed by atoms with van der Waals surface area (Å²) in [6.07, 6.45) is 4.92. The average molecular weight is 320 g/mol. The maximum atomic E-state index is 11.8. The van der Waals surface area contributed by atoms with Gasteiger partial charge in [-0.15, -0.1) is 0 Å². The van der Waals surface area contributed by atoms with Crippen LogP contribution in [0.1, 0.15) is 59.8 Å². The summed E-state index contributed by atoms with van der Waals surface area (Å²) in [4.78, 5) is 11.8. The monoisotopic (exact) mass is 320 g/mol. The molecule has 0 radical (unpaired) electrons. The second-order valence-corrected chi connectivity index (χ2v) is 10.1. The lowest BCUT2D eigenvalue weighted by atomic mass is 9.46. The molecule has 0 unspecified atom stereocenters. The van der Waals surface area contributed by atoms with Crippen LogP contribution in [0, 0.1) is 45.8 Å². The van der Waals surface area contributed by atoms with E-state index in [4.69, 9.17) is 0 Å². The molecule has 4 fully saturated rings. The maximum Gasteiger partial charge on any atom is 0.129 e. The topological polar surface area (TPSA) is 57.5 Å². The van der Waals surface area contributed by atoms with Crippen molar-refractivity contribution in [3.05, 3.63) is 0 Å². The molecule has 0 amide bonds.